The Balaban J connectivity index is 2.37. The van der Waals surface area contributed by atoms with Crippen LogP contribution < -0.4 is 0 Å². The molecule has 0 unspecified atom stereocenters. The minimum Gasteiger partial charge on any atom is -0.192 e. The third kappa shape index (κ3) is 3.10. The maximum absolute atomic E-state index is 9.14. The van der Waals surface area contributed by atoms with Gasteiger partial charge in [0.1, 0.15) is 0 Å². The molecule has 0 saturated heterocycles. The van der Waals surface area contributed by atoms with Crippen molar-refractivity contribution in [1.82, 2.24) is 0 Å². The number of nitriles is 1. The first kappa shape index (κ1) is 12.2. The van der Waals surface area contributed by atoms with Crippen molar-refractivity contribution in [3.8, 4) is 6.07 Å². The van der Waals surface area contributed by atoms with Gasteiger partial charge in [0.25, 0.3) is 0 Å². The first-order valence-electron chi connectivity index (χ1n) is 4.82. The van der Waals surface area contributed by atoms with Crippen LogP contribution in [0.5, 0.6) is 0 Å². The second-order valence-electron chi connectivity index (χ2n) is 3.32. The zero-order valence-corrected chi connectivity index (χ0v) is 11.0. The van der Waals surface area contributed by atoms with Crippen molar-refractivity contribution in [2.24, 2.45) is 0 Å². The van der Waals surface area contributed by atoms with Crippen molar-refractivity contribution in [1.29, 1.82) is 5.26 Å². The quantitative estimate of drug-likeness (QED) is 0.700. The highest BCUT2D eigenvalue weighted by molar-refractivity contribution is 7.17. The summed E-state index contributed by atoms with van der Waals surface area (Å²) < 4.78 is 0.713. The maximum Gasteiger partial charge on any atom is 0.0998 e. The molecule has 0 aliphatic heterocycles. The van der Waals surface area contributed by atoms with Crippen LogP contribution in [0.4, 0.5) is 0 Å². The Labute approximate surface area is 114 Å². The molecule has 0 aliphatic rings. The summed E-state index contributed by atoms with van der Waals surface area (Å²) in [5.41, 5.74) is 1.45. The molecule has 0 atom stereocenters. The van der Waals surface area contributed by atoms with Gasteiger partial charge in [-0.3, -0.25) is 0 Å². The van der Waals surface area contributed by atoms with Gasteiger partial charge >= 0.3 is 0 Å². The summed E-state index contributed by atoms with van der Waals surface area (Å²) in [5, 5.41) is 9.79. The fraction of sp³-hybridized carbons (Fsp3) is 0. The average Bonchev–Trinajstić information content (AvgIpc) is 2.73. The first-order valence-corrected chi connectivity index (χ1v) is 6.39. The SMILES string of the molecule is N#C/C(=C/c1ccc(Cl)s1)c1ccc(Cl)cc1. The zero-order chi connectivity index (χ0) is 12.3. The summed E-state index contributed by atoms with van der Waals surface area (Å²) in [7, 11) is 0. The van der Waals surface area contributed by atoms with Gasteiger partial charge in [-0.15, -0.1) is 11.3 Å². The van der Waals surface area contributed by atoms with Crippen molar-refractivity contribution in [3.05, 3.63) is 56.2 Å². The van der Waals surface area contributed by atoms with Gasteiger partial charge in [0.05, 0.1) is 16.0 Å². The van der Waals surface area contributed by atoms with Crippen LogP contribution in [0, 0.1) is 11.3 Å². The molecule has 1 aromatic carbocycles. The highest BCUT2D eigenvalue weighted by Crippen LogP contribution is 2.26. The Morgan fingerprint density at radius 3 is 2.35 bits per heavy atom. The van der Waals surface area contributed by atoms with E-state index in [2.05, 4.69) is 6.07 Å². The maximum atomic E-state index is 9.14. The summed E-state index contributed by atoms with van der Waals surface area (Å²) in [6.07, 6.45) is 1.82. The molecule has 0 amide bonds. The van der Waals surface area contributed by atoms with Crippen molar-refractivity contribution >= 4 is 46.2 Å². The van der Waals surface area contributed by atoms with E-state index in [9.17, 15) is 0 Å². The van der Waals surface area contributed by atoms with Crippen molar-refractivity contribution in [2.45, 2.75) is 0 Å². The van der Waals surface area contributed by atoms with Crippen LogP contribution in [0.25, 0.3) is 11.6 Å². The molecule has 84 valence electrons. The van der Waals surface area contributed by atoms with Crippen LogP contribution in [-0.4, -0.2) is 0 Å². The van der Waals surface area contributed by atoms with Gasteiger partial charge in [-0.2, -0.15) is 5.26 Å². The lowest BCUT2D eigenvalue weighted by molar-refractivity contribution is 1.52. The molecule has 1 nitrogen and oxygen atoms in total. The topological polar surface area (TPSA) is 23.8 Å². The minimum absolute atomic E-state index is 0.597. The van der Waals surface area contributed by atoms with Crippen molar-refractivity contribution in [3.63, 3.8) is 0 Å². The van der Waals surface area contributed by atoms with E-state index in [1.807, 2.05) is 30.3 Å². The Morgan fingerprint density at radius 1 is 1.12 bits per heavy atom. The van der Waals surface area contributed by atoms with E-state index in [0.29, 0.717) is 14.9 Å². The predicted molar refractivity (Wildman–Crippen MR) is 74.3 cm³/mol. The second-order valence-corrected chi connectivity index (χ2v) is 5.50. The number of allylic oxidation sites excluding steroid dienone is 1. The molecule has 4 heteroatoms. The van der Waals surface area contributed by atoms with Crippen LogP contribution in [0.15, 0.2) is 36.4 Å². The number of benzene rings is 1. The molecular weight excluding hydrogens is 273 g/mol. The molecule has 0 N–H and O–H groups in total. The summed E-state index contributed by atoms with van der Waals surface area (Å²) in [4.78, 5) is 0.960. The third-order valence-corrected chi connectivity index (χ3v) is 3.59. The predicted octanol–water partition coefficient (Wildman–Crippen LogP) is 5.12. The Hall–Kier alpha value is -1.27. The van der Waals surface area contributed by atoms with E-state index in [4.69, 9.17) is 28.5 Å². The average molecular weight is 280 g/mol. The lowest BCUT2D eigenvalue weighted by Gasteiger charge is -1.98. The molecule has 17 heavy (non-hydrogen) atoms. The Kier molecular flexibility index (Phi) is 3.86. The minimum atomic E-state index is 0.597. The van der Waals surface area contributed by atoms with E-state index in [-0.39, 0.29) is 0 Å². The Morgan fingerprint density at radius 2 is 1.82 bits per heavy atom. The summed E-state index contributed by atoms with van der Waals surface area (Å²) in [5.74, 6) is 0. The van der Waals surface area contributed by atoms with Crippen LogP contribution in [0.3, 0.4) is 0 Å². The number of hydrogen-bond acceptors (Lipinski definition) is 2. The zero-order valence-electron chi connectivity index (χ0n) is 8.65. The third-order valence-electron chi connectivity index (χ3n) is 2.16. The van der Waals surface area contributed by atoms with Crippen LogP contribution in [-0.2, 0) is 0 Å². The van der Waals surface area contributed by atoms with E-state index >= 15 is 0 Å². The molecule has 0 radical (unpaired) electrons. The normalized spacial score (nSPS) is 11.2. The monoisotopic (exact) mass is 279 g/mol. The summed E-state index contributed by atoms with van der Waals surface area (Å²) in [6, 6.07) is 13.1. The van der Waals surface area contributed by atoms with Gasteiger partial charge in [0, 0.05) is 9.90 Å². The fourth-order valence-corrected chi connectivity index (χ4v) is 2.49. The number of rotatable bonds is 2. The molecule has 2 rings (SSSR count). The van der Waals surface area contributed by atoms with Gasteiger partial charge in [-0.05, 0) is 35.9 Å². The standard InChI is InChI=1S/C13H7Cl2NS/c14-11-3-1-9(2-4-11)10(8-16)7-12-5-6-13(15)17-12/h1-7H/b10-7-. The second kappa shape index (κ2) is 5.37. The molecule has 0 saturated carbocycles. The number of hydrogen-bond donors (Lipinski definition) is 0. The van der Waals surface area contributed by atoms with Crippen LogP contribution in [0.2, 0.25) is 9.36 Å². The highest BCUT2D eigenvalue weighted by Gasteiger charge is 2.02. The first-order chi connectivity index (χ1) is 8.19. The molecule has 0 spiro atoms. The van der Waals surface area contributed by atoms with E-state index in [1.165, 1.54) is 11.3 Å². The smallest absolute Gasteiger partial charge is 0.0998 e. The molecule has 2 aromatic rings. The lowest BCUT2D eigenvalue weighted by atomic mass is 10.1. The number of halogens is 2. The fourth-order valence-electron chi connectivity index (χ4n) is 1.36. The largest absolute Gasteiger partial charge is 0.192 e. The molecule has 0 aliphatic carbocycles. The van der Waals surface area contributed by atoms with Gasteiger partial charge in [0.15, 0.2) is 0 Å². The lowest BCUT2D eigenvalue weighted by Crippen LogP contribution is -1.80. The van der Waals surface area contributed by atoms with Gasteiger partial charge < -0.3 is 0 Å². The van der Waals surface area contributed by atoms with Gasteiger partial charge in [-0.25, -0.2) is 0 Å². The number of nitrogens with zero attached hydrogens (tertiary/aromatic N) is 1. The van der Waals surface area contributed by atoms with Crippen molar-refractivity contribution in [2.75, 3.05) is 0 Å². The van der Waals surface area contributed by atoms with Gasteiger partial charge in [0.2, 0.25) is 0 Å². The van der Waals surface area contributed by atoms with Crippen molar-refractivity contribution < 1.29 is 0 Å². The van der Waals surface area contributed by atoms with Gasteiger partial charge in [-0.1, -0.05) is 35.3 Å². The Bertz CT molecular complexity index is 591. The number of thiophene rings is 1. The summed E-state index contributed by atoms with van der Waals surface area (Å²) >= 11 is 13.1. The van der Waals surface area contributed by atoms with E-state index in [0.717, 1.165) is 10.4 Å². The molecule has 1 aromatic heterocycles. The molecular formula is C13H7Cl2NS. The van der Waals surface area contributed by atoms with E-state index in [1.54, 1.807) is 12.1 Å². The van der Waals surface area contributed by atoms with Crippen LogP contribution >= 0.6 is 34.5 Å². The molecule has 1 heterocycles. The molecule has 0 fully saturated rings. The van der Waals surface area contributed by atoms with E-state index < -0.39 is 0 Å². The summed E-state index contributed by atoms with van der Waals surface area (Å²) in [6.45, 7) is 0. The molecule has 0 bridgehead atoms. The highest BCUT2D eigenvalue weighted by atomic mass is 35.5. The van der Waals surface area contributed by atoms with Crippen LogP contribution in [0.1, 0.15) is 10.4 Å².